The summed E-state index contributed by atoms with van der Waals surface area (Å²) in [6.45, 7) is 1.80. The molecule has 1 aromatic rings. The van der Waals surface area contributed by atoms with E-state index in [1.165, 1.54) is 19.3 Å². The molecule has 2 aliphatic carbocycles. The summed E-state index contributed by atoms with van der Waals surface area (Å²) in [5.74, 6) is 2.40. The lowest BCUT2D eigenvalue weighted by Gasteiger charge is -2.43. The molecule has 0 radical (unpaired) electrons. The minimum Gasteiger partial charge on any atom is -0.495 e. The van der Waals surface area contributed by atoms with Crippen molar-refractivity contribution < 1.29 is 9.53 Å². The van der Waals surface area contributed by atoms with Gasteiger partial charge in [0.05, 0.1) is 12.8 Å². The predicted molar refractivity (Wildman–Crippen MR) is 118 cm³/mol. The molecule has 1 aromatic carbocycles. The van der Waals surface area contributed by atoms with Gasteiger partial charge in [0.15, 0.2) is 0 Å². The van der Waals surface area contributed by atoms with E-state index in [1.807, 2.05) is 18.2 Å². The molecule has 2 bridgehead atoms. The number of hydrogen-bond acceptors (Lipinski definition) is 4. The Balaban J connectivity index is 0.00000140. The Labute approximate surface area is 180 Å². The highest BCUT2D eigenvalue weighted by atomic mass is 35.5. The Bertz CT molecular complexity index is 646. The third kappa shape index (κ3) is 4.69. The lowest BCUT2D eigenvalue weighted by molar-refractivity contribution is -0.128. The van der Waals surface area contributed by atoms with Crippen molar-refractivity contribution in [2.24, 2.45) is 23.5 Å². The molecule has 3 atom stereocenters. The molecule has 158 valence electrons. The van der Waals surface area contributed by atoms with Crippen LogP contribution in [0.4, 0.5) is 5.69 Å². The van der Waals surface area contributed by atoms with E-state index in [2.05, 4.69) is 16.3 Å². The van der Waals surface area contributed by atoms with Gasteiger partial charge in [0.2, 0.25) is 5.91 Å². The Hall–Kier alpha value is -1.17. The van der Waals surface area contributed by atoms with Crippen molar-refractivity contribution >= 4 is 36.4 Å². The summed E-state index contributed by atoms with van der Waals surface area (Å²) in [6, 6.07) is 8.65. The average Bonchev–Trinajstić information content (AvgIpc) is 3.09. The molecule has 1 heterocycles. The Kier molecular flexibility index (Phi) is 8.29. The molecule has 7 heteroatoms. The quantitative estimate of drug-likeness (QED) is 0.769. The van der Waals surface area contributed by atoms with Gasteiger partial charge in [-0.1, -0.05) is 18.6 Å². The van der Waals surface area contributed by atoms with Gasteiger partial charge in [0.1, 0.15) is 5.75 Å². The minimum absolute atomic E-state index is 0. The molecule has 4 rings (SSSR count). The second kappa shape index (κ2) is 10.0. The normalized spacial score (nSPS) is 31.4. The van der Waals surface area contributed by atoms with E-state index >= 15 is 0 Å². The van der Waals surface area contributed by atoms with E-state index in [9.17, 15) is 4.79 Å². The summed E-state index contributed by atoms with van der Waals surface area (Å²) in [5, 5.41) is 3.33. The first kappa shape index (κ1) is 23.1. The highest BCUT2D eigenvalue weighted by Gasteiger charge is 2.41. The molecule has 1 amide bonds. The summed E-state index contributed by atoms with van der Waals surface area (Å²) in [4.78, 5) is 15.2. The van der Waals surface area contributed by atoms with Gasteiger partial charge in [0, 0.05) is 31.1 Å². The molecule has 3 N–H and O–H groups in total. The van der Waals surface area contributed by atoms with Crippen LogP contribution in [0.25, 0.3) is 0 Å². The summed E-state index contributed by atoms with van der Waals surface area (Å²) in [5.41, 5.74) is 7.49. The first-order valence-corrected chi connectivity index (χ1v) is 10.1. The molecule has 2 saturated carbocycles. The van der Waals surface area contributed by atoms with Crippen LogP contribution in [0.15, 0.2) is 24.3 Å². The molecule has 28 heavy (non-hydrogen) atoms. The van der Waals surface area contributed by atoms with Crippen LogP contribution in [0.2, 0.25) is 0 Å². The van der Waals surface area contributed by atoms with E-state index in [4.69, 9.17) is 10.5 Å². The minimum atomic E-state index is 0. The van der Waals surface area contributed by atoms with Gasteiger partial charge in [-0.15, -0.1) is 24.8 Å². The van der Waals surface area contributed by atoms with Gasteiger partial charge >= 0.3 is 0 Å². The number of nitrogens with zero attached hydrogens (tertiary/aromatic N) is 1. The number of rotatable bonds is 4. The van der Waals surface area contributed by atoms with Crippen LogP contribution < -0.4 is 20.7 Å². The van der Waals surface area contributed by atoms with Crippen molar-refractivity contribution in [3.05, 3.63) is 24.3 Å². The predicted octanol–water partition coefficient (Wildman–Crippen LogP) is 3.39. The highest BCUT2D eigenvalue weighted by Crippen LogP contribution is 2.42. The van der Waals surface area contributed by atoms with Crippen LogP contribution in [-0.4, -0.2) is 38.2 Å². The Morgan fingerprint density at radius 3 is 2.50 bits per heavy atom. The smallest absolute Gasteiger partial charge is 0.223 e. The molecule has 3 aliphatic rings. The topological polar surface area (TPSA) is 67.6 Å². The van der Waals surface area contributed by atoms with E-state index in [0.717, 1.165) is 43.8 Å². The number of carbonyl (C=O) groups excluding carboxylic acids is 1. The fourth-order valence-corrected chi connectivity index (χ4v) is 5.31. The first-order valence-electron chi connectivity index (χ1n) is 10.1. The fraction of sp³-hybridized carbons (Fsp3) is 0.667. The van der Waals surface area contributed by atoms with Crippen molar-refractivity contribution in [2.45, 2.75) is 50.6 Å². The Morgan fingerprint density at radius 2 is 1.82 bits per heavy atom. The van der Waals surface area contributed by atoms with Crippen molar-refractivity contribution in [1.82, 2.24) is 5.32 Å². The average molecular weight is 430 g/mol. The van der Waals surface area contributed by atoms with Crippen molar-refractivity contribution in [3.8, 4) is 5.75 Å². The van der Waals surface area contributed by atoms with E-state index in [0.29, 0.717) is 17.9 Å². The number of nitrogens with two attached hydrogens (primary N) is 1. The molecular formula is C21H33Cl2N3O2. The second-order valence-electron chi connectivity index (χ2n) is 8.31. The lowest BCUT2D eigenvalue weighted by atomic mass is 9.65. The van der Waals surface area contributed by atoms with Crippen molar-refractivity contribution in [3.63, 3.8) is 0 Å². The van der Waals surface area contributed by atoms with Crippen molar-refractivity contribution in [1.29, 1.82) is 0 Å². The summed E-state index contributed by atoms with van der Waals surface area (Å²) >= 11 is 0. The number of amides is 1. The van der Waals surface area contributed by atoms with Gasteiger partial charge in [-0.05, 0) is 56.1 Å². The number of hydrogen-bond donors (Lipinski definition) is 2. The number of benzene rings is 1. The molecule has 1 saturated heterocycles. The van der Waals surface area contributed by atoms with Crippen molar-refractivity contribution in [2.75, 3.05) is 25.1 Å². The van der Waals surface area contributed by atoms with Gasteiger partial charge < -0.3 is 20.7 Å². The van der Waals surface area contributed by atoms with Gasteiger partial charge in [-0.3, -0.25) is 4.79 Å². The monoisotopic (exact) mass is 429 g/mol. The zero-order chi connectivity index (χ0) is 18.1. The number of nitrogens with one attached hydrogen (secondary N) is 1. The number of halogens is 2. The largest absolute Gasteiger partial charge is 0.495 e. The molecule has 0 aromatic heterocycles. The summed E-state index contributed by atoms with van der Waals surface area (Å²) in [6.07, 6.45) is 6.63. The SMILES string of the molecule is COc1ccccc1N1CCC(NC(=O)C2CC3CCCC(C2)C3N)C1.Cl.Cl. The molecular weight excluding hydrogens is 397 g/mol. The summed E-state index contributed by atoms with van der Waals surface area (Å²) in [7, 11) is 1.71. The van der Waals surface area contributed by atoms with Crippen LogP contribution in [0, 0.1) is 17.8 Å². The van der Waals surface area contributed by atoms with E-state index in [1.54, 1.807) is 7.11 Å². The first-order chi connectivity index (χ1) is 12.7. The third-order valence-corrected chi connectivity index (χ3v) is 6.74. The number of ether oxygens (including phenoxy) is 1. The van der Waals surface area contributed by atoms with Crippen LogP contribution in [0.1, 0.15) is 38.5 Å². The number of carbonyl (C=O) groups is 1. The van der Waals surface area contributed by atoms with Gasteiger partial charge in [-0.2, -0.15) is 0 Å². The molecule has 1 aliphatic heterocycles. The zero-order valence-electron chi connectivity index (χ0n) is 16.5. The zero-order valence-corrected chi connectivity index (χ0v) is 18.1. The number of para-hydroxylation sites is 2. The van der Waals surface area contributed by atoms with Crippen LogP contribution in [0.5, 0.6) is 5.75 Å². The third-order valence-electron chi connectivity index (χ3n) is 6.74. The fourth-order valence-electron chi connectivity index (χ4n) is 5.31. The number of fused-ring (bicyclic) bond motifs is 2. The lowest BCUT2D eigenvalue weighted by Crippen LogP contribution is -2.50. The summed E-state index contributed by atoms with van der Waals surface area (Å²) < 4.78 is 5.48. The van der Waals surface area contributed by atoms with Crippen LogP contribution in [0.3, 0.4) is 0 Å². The van der Waals surface area contributed by atoms with E-state index < -0.39 is 0 Å². The maximum absolute atomic E-state index is 12.9. The van der Waals surface area contributed by atoms with Crippen LogP contribution in [-0.2, 0) is 4.79 Å². The Morgan fingerprint density at radius 1 is 1.14 bits per heavy atom. The molecule has 3 fully saturated rings. The maximum atomic E-state index is 12.9. The molecule has 0 spiro atoms. The molecule has 3 unspecified atom stereocenters. The number of anilines is 1. The van der Waals surface area contributed by atoms with Gasteiger partial charge in [-0.25, -0.2) is 0 Å². The van der Waals surface area contributed by atoms with Crippen LogP contribution >= 0.6 is 24.8 Å². The van der Waals surface area contributed by atoms with E-state index in [-0.39, 0.29) is 42.7 Å². The number of methoxy groups -OCH3 is 1. The maximum Gasteiger partial charge on any atom is 0.223 e. The highest BCUT2D eigenvalue weighted by molar-refractivity contribution is 5.85. The standard InChI is InChI=1S/C21H31N3O2.2ClH/c1-26-19-8-3-2-7-18(19)24-10-9-17(13-24)23-21(25)16-11-14-5-4-6-15(12-16)20(14)22;;/h2-3,7-8,14-17,20H,4-6,9-13,22H2,1H3,(H,23,25);2*1H. The molecule has 5 nitrogen and oxygen atoms in total. The van der Waals surface area contributed by atoms with Gasteiger partial charge in [0.25, 0.3) is 0 Å². The second-order valence-corrected chi connectivity index (χ2v) is 8.31.